The molecule has 4 rings (SSSR count). The van der Waals surface area contributed by atoms with Gasteiger partial charge in [-0.3, -0.25) is 4.90 Å². The Morgan fingerprint density at radius 1 is 1.11 bits per heavy atom. The zero-order valence-corrected chi connectivity index (χ0v) is 15.5. The third-order valence-corrected chi connectivity index (χ3v) is 5.98. The van der Waals surface area contributed by atoms with Gasteiger partial charge in [0.1, 0.15) is 0 Å². The molecule has 1 aromatic rings. The predicted octanol–water partition coefficient (Wildman–Crippen LogP) is 2.58. The van der Waals surface area contributed by atoms with Crippen LogP contribution in [0.25, 0.3) is 0 Å². The van der Waals surface area contributed by atoms with E-state index in [9.17, 15) is 18.0 Å². The number of nitrogens with zero attached hydrogens (tertiary/aromatic N) is 3. The maximum Gasteiger partial charge on any atom is 0.418 e. The van der Waals surface area contributed by atoms with Crippen LogP contribution in [-0.4, -0.2) is 73.5 Å². The lowest BCUT2D eigenvalue weighted by Gasteiger charge is -2.33. The molecule has 9 heteroatoms. The SMILES string of the molecule is O=C(O)N1CC2CN(Cc3cccc(C(F)(F)F)c3N3CCOCC3)CC2C1. The third-order valence-electron chi connectivity index (χ3n) is 5.98. The lowest BCUT2D eigenvalue weighted by Crippen LogP contribution is -2.38. The number of hydrogen-bond acceptors (Lipinski definition) is 4. The average Bonchev–Trinajstić information content (AvgIpc) is 3.20. The summed E-state index contributed by atoms with van der Waals surface area (Å²) in [5.41, 5.74) is 0.345. The van der Waals surface area contributed by atoms with Gasteiger partial charge in [-0.15, -0.1) is 0 Å². The number of rotatable bonds is 3. The maximum absolute atomic E-state index is 13.7. The third kappa shape index (κ3) is 3.77. The first-order chi connectivity index (χ1) is 13.3. The Morgan fingerprint density at radius 3 is 2.32 bits per heavy atom. The minimum absolute atomic E-state index is 0.258. The van der Waals surface area contributed by atoms with Crippen LogP contribution in [-0.2, 0) is 17.5 Å². The van der Waals surface area contributed by atoms with Crippen molar-refractivity contribution < 1.29 is 27.8 Å². The quantitative estimate of drug-likeness (QED) is 0.847. The molecule has 1 amide bonds. The number of halogens is 3. The number of fused-ring (bicyclic) bond motifs is 1. The molecule has 2 atom stereocenters. The van der Waals surface area contributed by atoms with Crippen LogP contribution in [0.5, 0.6) is 0 Å². The van der Waals surface area contributed by atoms with Gasteiger partial charge < -0.3 is 19.6 Å². The number of hydrogen-bond donors (Lipinski definition) is 1. The normalized spacial score (nSPS) is 26.0. The van der Waals surface area contributed by atoms with E-state index in [1.165, 1.54) is 11.0 Å². The van der Waals surface area contributed by atoms with Crippen molar-refractivity contribution in [3.63, 3.8) is 0 Å². The molecule has 3 fully saturated rings. The molecule has 0 bridgehead atoms. The van der Waals surface area contributed by atoms with E-state index in [1.807, 2.05) is 0 Å². The smallest absolute Gasteiger partial charge is 0.418 e. The number of carboxylic acid groups (broad SMARTS) is 1. The van der Waals surface area contributed by atoms with Gasteiger partial charge in [-0.2, -0.15) is 13.2 Å². The molecule has 3 aliphatic heterocycles. The van der Waals surface area contributed by atoms with Crippen molar-refractivity contribution in [2.24, 2.45) is 11.8 Å². The topological polar surface area (TPSA) is 56.2 Å². The number of ether oxygens (including phenoxy) is 1. The largest absolute Gasteiger partial charge is 0.465 e. The molecule has 6 nitrogen and oxygen atoms in total. The summed E-state index contributed by atoms with van der Waals surface area (Å²) in [5, 5.41) is 9.15. The summed E-state index contributed by atoms with van der Waals surface area (Å²) in [4.78, 5) is 16.5. The highest BCUT2D eigenvalue weighted by atomic mass is 19.4. The number of para-hydroxylation sites is 1. The summed E-state index contributed by atoms with van der Waals surface area (Å²) in [6.45, 7) is 4.62. The Kier molecular flexibility index (Phi) is 5.13. The van der Waals surface area contributed by atoms with E-state index in [-0.39, 0.29) is 17.5 Å². The first-order valence-corrected chi connectivity index (χ1v) is 9.55. The lowest BCUT2D eigenvalue weighted by molar-refractivity contribution is -0.137. The molecule has 0 saturated carbocycles. The number of morpholine rings is 1. The second kappa shape index (κ2) is 7.44. The Balaban J connectivity index is 1.54. The van der Waals surface area contributed by atoms with Gasteiger partial charge in [0.05, 0.1) is 24.5 Å². The van der Waals surface area contributed by atoms with E-state index >= 15 is 0 Å². The lowest BCUT2D eigenvalue weighted by atomic mass is 10.0. The van der Waals surface area contributed by atoms with Gasteiger partial charge >= 0.3 is 12.3 Å². The summed E-state index contributed by atoms with van der Waals surface area (Å²) >= 11 is 0. The number of benzene rings is 1. The van der Waals surface area contributed by atoms with E-state index in [0.29, 0.717) is 64.6 Å². The van der Waals surface area contributed by atoms with Crippen molar-refractivity contribution in [1.29, 1.82) is 0 Å². The van der Waals surface area contributed by atoms with Gasteiger partial charge in [-0.1, -0.05) is 12.1 Å². The Morgan fingerprint density at radius 2 is 1.75 bits per heavy atom. The average molecular weight is 399 g/mol. The summed E-state index contributed by atoms with van der Waals surface area (Å²) in [7, 11) is 0. The fourth-order valence-corrected chi connectivity index (χ4v) is 4.72. The predicted molar refractivity (Wildman–Crippen MR) is 96.3 cm³/mol. The van der Waals surface area contributed by atoms with Crippen LogP contribution >= 0.6 is 0 Å². The number of alkyl halides is 3. The molecular weight excluding hydrogens is 375 g/mol. The molecule has 154 valence electrons. The van der Waals surface area contributed by atoms with Gasteiger partial charge in [0.15, 0.2) is 0 Å². The van der Waals surface area contributed by atoms with Gasteiger partial charge in [0.2, 0.25) is 0 Å². The zero-order chi connectivity index (χ0) is 19.9. The highest BCUT2D eigenvalue weighted by Gasteiger charge is 2.42. The van der Waals surface area contributed by atoms with Crippen LogP contribution in [0, 0.1) is 11.8 Å². The molecule has 1 N–H and O–H groups in total. The molecule has 3 saturated heterocycles. The maximum atomic E-state index is 13.7. The number of amides is 1. The van der Waals surface area contributed by atoms with Crippen molar-refractivity contribution in [2.75, 3.05) is 57.4 Å². The fraction of sp³-hybridized carbons (Fsp3) is 0.632. The standard InChI is InChI=1S/C19H24F3N3O3/c20-19(21,22)16-3-1-2-13(17(16)24-4-6-28-7-5-24)8-23-9-14-11-25(18(26)27)12-15(14)10-23/h1-3,14-15H,4-12H2,(H,26,27). The highest BCUT2D eigenvalue weighted by molar-refractivity contribution is 5.65. The number of carbonyl (C=O) groups is 1. The summed E-state index contributed by atoms with van der Waals surface area (Å²) in [5.74, 6) is 0.516. The monoisotopic (exact) mass is 399 g/mol. The zero-order valence-electron chi connectivity index (χ0n) is 15.5. The van der Waals surface area contributed by atoms with Crippen molar-refractivity contribution in [2.45, 2.75) is 12.7 Å². The fourth-order valence-electron chi connectivity index (χ4n) is 4.72. The first kappa shape index (κ1) is 19.3. The van der Waals surface area contributed by atoms with Crippen molar-refractivity contribution in [3.05, 3.63) is 29.3 Å². The van der Waals surface area contributed by atoms with Crippen LogP contribution in [0.3, 0.4) is 0 Å². The van der Waals surface area contributed by atoms with E-state index in [0.717, 1.165) is 6.07 Å². The van der Waals surface area contributed by atoms with E-state index < -0.39 is 17.8 Å². The molecule has 3 heterocycles. The van der Waals surface area contributed by atoms with Crippen molar-refractivity contribution >= 4 is 11.8 Å². The second-order valence-electron chi connectivity index (χ2n) is 7.81. The van der Waals surface area contributed by atoms with E-state index in [2.05, 4.69) is 4.90 Å². The van der Waals surface area contributed by atoms with E-state index in [1.54, 1.807) is 11.0 Å². The molecular formula is C19H24F3N3O3. The second-order valence-corrected chi connectivity index (χ2v) is 7.81. The highest BCUT2D eigenvalue weighted by Crippen LogP contribution is 2.40. The van der Waals surface area contributed by atoms with Gasteiger partial charge in [-0.25, -0.2) is 4.79 Å². The summed E-state index contributed by atoms with van der Waals surface area (Å²) in [6, 6.07) is 4.40. The van der Waals surface area contributed by atoms with Crippen LogP contribution in [0.4, 0.5) is 23.7 Å². The molecule has 2 unspecified atom stereocenters. The summed E-state index contributed by atoms with van der Waals surface area (Å²) < 4.78 is 46.3. The van der Waals surface area contributed by atoms with Crippen molar-refractivity contribution in [1.82, 2.24) is 9.80 Å². The Labute approximate surface area is 161 Å². The molecule has 0 radical (unpaired) electrons. The Bertz CT molecular complexity index is 723. The molecule has 0 spiro atoms. The summed E-state index contributed by atoms with van der Waals surface area (Å²) in [6.07, 6.45) is -5.30. The van der Waals surface area contributed by atoms with Gasteiger partial charge in [0.25, 0.3) is 0 Å². The minimum Gasteiger partial charge on any atom is -0.465 e. The molecule has 1 aromatic carbocycles. The number of likely N-dealkylation sites (tertiary alicyclic amines) is 2. The van der Waals surface area contributed by atoms with Crippen LogP contribution in [0.2, 0.25) is 0 Å². The van der Waals surface area contributed by atoms with Crippen molar-refractivity contribution in [3.8, 4) is 0 Å². The molecule has 0 aliphatic carbocycles. The van der Waals surface area contributed by atoms with Crippen LogP contribution in [0.15, 0.2) is 18.2 Å². The van der Waals surface area contributed by atoms with Gasteiger partial charge in [0, 0.05) is 45.8 Å². The first-order valence-electron chi connectivity index (χ1n) is 9.55. The Hall–Kier alpha value is -2.00. The van der Waals surface area contributed by atoms with Crippen LogP contribution in [0.1, 0.15) is 11.1 Å². The van der Waals surface area contributed by atoms with E-state index in [4.69, 9.17) is 9.84 Å². The number of anilines is 1. The van der Waals surface area contributed by atoms with Gasteiger partial charge in [-0.05, 0) is 23.5 Å². The molecule has 3 aliphatic rings. The molecule has 0 aromatic heterocycles. The molecule has 28 heavy (non-hydrogen) atoms. The van der Waals surface area contributed by atoms with Crippen LogP contribution < -0.4 is 4.90 Å². The minimum atomic E-state index is -4.41.